The monoisotopic (exact) mass is 390 g/mol. The largest absolute Gasteiger partial charge is 0.397 e. The number of carbonyl (C=O) groups is 3. The van der Waals surface area contributed by atoms with Crippen LogP contribution in [-0.2, 0) is 14.2 Å². The Balaban J connectivity index is 1.69. The number of ketones is 1. The van der Waals surface area contributed by atoms with Gasteiger partial charge in [0.2, 0.25) is 0 Å². The molecule has 0 bridgehead atoms. The molecule has 3 rings (SSSR count). The highest BCUT2D eigenvalue weighted by Gasteiger charge is 2.23. The van der Waals surface area contributed by atoms with Crippen molar-refractivity contribution < 1.29 is 28.6 Å². The first-order valence-corrected chi connectivity index (χ1v) is 8.85. The van der Waals surface area contributed by atoms with Crippen molar-refractivity contribution in [1.82, 2.24) is 0 Å². The van der Waals surface area contributed by atoms with Crippen molar-refractivity contribution in [3.05, 3.63) is 108 Å². The number of benzene rings is 3. The van der Waals surface area contributed by atoms with Crippen LogP contribution in [-0.4, -0.2) is 30.8 Å². The first-order valence-electron chi connectivity index (χ1n) is 8.85. The van der Waals surface area contributed by atoms with Crippen LogP contribution < -0.4 is 0 Å². The molecule has 0 radical (unpaired) electrons. The van der Waals surface area contributed by atoms with Gasteiger partial charge in [-0.25, -0.2) is 9.59 Å². The predicted octanol–water partition coefficient (Wildman–Crippen LogP) is 3.88. The van der Waals surface area contributed by atoms with E-state index < -0.39 is 25.0 Å². The fourth-order valence-corrected chi connectivity index (χ4v) is 2.40. The maximum absolute atomic E-state index is 12.3. The van der Waals surface area contributed by atoms with Gasteiger partial charge in [-0.1, -0.05) is 66.7 Å². The Morgan fingerprint density at radius 3 is 1.38 bits per heavy atom. The maximum Gasteiger partial charge on any atom is 0.365 e. The summed E-state index contributed by atoms with van der Waals surface area (Å²) in [5.41, 5.74) is 0.938. The molecule has 6 heteroatoms. The molecule has 0 heterocycles. The van der Waals surface area contributed by atoms with E-state index in [1.165, 1.54) is 0 Å². The molecule has 0 unspecified atom stereocenters. The van der Waals surface area contributed by atoms with Crippen LogP contribution in [0.25, 0.3) is 0 Å². The van der Waals surface area contributed by atoms with Gasteiger partial charge in [-0.15, -0.1) is 0 Å². The minimum atomic E-state index is -1.68. The Morgan fingerprint density at radius 1 is 0.586 bits per heavy atom. The summed E-state index contributed by atoms with van der Waals surface area (Å²) < 4.78 is 15.6. The zero-order valence-corrected chi connectivity index (χ0v) is 15.4. The standard InChI is InChI=1S/C23H18O6/c24-20(17-10-4-1-5-11-17)16-27-23(28-21(25)18-12-6-2-7-13-18)29-22(26)19-14-8-3-9-15-19/h1-15,23H,16H2. The fourth-order valence-electron chi connectivity index (χ4n) is 2.40. The summed E-state index contributed by atoms with van der Waals surface area (Å²) >= 11 is 0. The molecule has 146 valence electrons. The van der Waals surface area contributed by atoms with Crippen molar-refractivity contribution in [1.29, 1.82) is 0 Å². The molecule has 0 aliphatic heterocycles. The summed E-state index contributed by atoms with van der Waals surface area (Å²) in [6.45, 7) is -2.11. The van der Waals surface area contributed by atoms with Gasteiger partial charge < -0.3 is 14.2 Å². The van der Waals surface area contributed by atoms with E-state index in [0.29, 0.717) is 5.56 Å². The minimum absolute atomic E-state index is 0.256. The van der Waals surface area contributed by atoms with Crippen LogP contribution in [0.4, 0.5) is 0 Å². The molecule has 0 aromatic heterocycles. The summed E-state index contributed by atoms with van der Waals surface area (Å²) in [7, 11) is 0. The molecule has 0 spiro atoms. The topological polar surface area (TPSA) is 78.9 Å². The molecule has 0 saturated heterocycles. The van der Waals surface area contributed by atoms with E-state index >= 15 is 0 Å². The van der Waals surface area contributed by atoms with Gasteiger partial charge in [0.15, 0.2) is 5.78 Å². The summed E-state index contributed by atoms with van der Waals surface area (Å²) in [5, 5.41) is 0. The highest BCUT2D eigenvalue weighted by molar-refractivity contribution is 5.97. The van der Waals surface area contributed by atoms with Gasteiger partial charge in [-0.2, -0.15) is 0 Å². The van der Waals surface area contributed by atoms with Crippen LogP contribution in [0.1, 0.15) is 31.1 Å². The average molecular weight is 390 g/mol. The summed E-state index contributed by atoms with van der Waals surface area (Å²) in [5.74, 6) is -1.84. The van der Waals surface area contributed by atoms with Crippen molar-refractivity contribution in [2.75, 3.05) is 6.61 Å². The van der Waals surface area contributed by atoms with E-state index in [1.807, 2.05) is 0 Å². The van der Waals surface area contributed by atoms with Crippen LogP contribution in [0.2, 0.25) is 0 Å². The molecular formula is C23H18O6. The maximum atomic E-state index is 12.3. The summed E-state index contributed by atoms with van der Waals surface area (Å²) in [6.07, 6.45) is 0. The van der Waals surface area contributed by atoms with Crippen molar-refractivity contribution in [3.8, 4) is 0 Å². The minimum Gasteiger partial charge on any atom is -0.397 e. The Morgan fingerprint density at radius 2 is 0.966 bits per heavy atom. The predicted molar refractivity (Wildman–Crippen MR) is 104 cm³/mol. The molecule has 29 heavy (non-hydrogen) atoms. The summed E-state index contributed by atoms with van der Waals surface area (Å²) in [6, 6.07) is 24.8. The van der Waals surface area contributed by atoms with Gasteiger partial charge in [0.1, 0.15) is 6.61 Å². The second kappa shape index (κ2) is 9.96. The third-order valence-electron chi connectivity index (χ3n) is 3.87. The van der Waals surface area contributed by atoms with Crippen molar-refractivity contribution in [2.24, 2.45) is 0 Å². The number of rotatable bonds is 8. The molecule has 3 aromatic rings. The van der Waals surface area contributed by atoms with E-state index in [2.05, 4.69) is 0 Å². The molecule has 0 saturated carbocycles. The van der Waals surface area contributed by atoms with Crippen LogP contribution in [0.5, 0.6) is 0 Å². The van der Waals surface area contributed by atoms with Gasteiger partial charge in [-0.3, -0.25) is 4.79 Å². The number of esters is 2. The Labute approximate surface area is 167 Å². The smallest absolute Gasteiger partial charge is 0.365 e. The molecule has 0 amide bonds. The fraction of sp³-hybridized carbons (Fsp3) is 0.0870. The van der Waals surface area contributed by atoms with Crippen molar-refractivity contribution in [2.45, 2.75) is 6.48 Å². The lowest BCUT2D eigenvalue weighted by atomic mass is 10.1. The van der Waals surface area contributed by atoms with Crippen LogP contribution in [0.15, 0.2) is 91.0 Å². The van der Waals surface area contributed by atoms with E-state index in [1.54, 1.807) is 91.0 Å². The molecule has 0 N–H and O–H groups in total. The normalized spacial score (nSPS) is 10.4. The molecule has 0 aliphatic carbocycles. The van der Waals surface area contributed by atoms with Crippen molar-refractivity contribution in [3.63, 3.8) is 0 Å². The Hall–Kier alpha value is -3.77. The number of ether oxygens (including phenoxy) is 3. The number of Topliss-reactive ketones (excluding diaryl/α,β-unsaturated/α-hetero) is 1. The quantitative estimate of drug-likeness (QED) is 0.330. The van der Waals surface area contributed by atoms with Crippen LogP contribution in [0.3, 0.4) is 0 Å². The SMILES string of the molecule is O=C(COC(OC(=O)c1ccccc1)OC(=O)c1ccccc1)c1ccccc1. The van der Waals surface area contributed by atoms with Crippen molar-refractivity contribution >= 4 is 17.7 Å². The lowest BCUT2D eigenvalue weighted by molar-refractivity contribution is -0.227. The second-order valence-electron chi connectivity index (χ2n) is 5.93. The molecule has 3 aromatic carbocycles. The van der Waals surface area contributed by atoms with Crippen LogP contribution >= 0.6 is 0 Å². The van der Waals surface area contributed by atoms with Crippen LogP contribution in [0, 0.1) is 0 Å². The highest BCUT2D eigenvalue weighted by Crippen LogP contribution is 2.11. The molecule has 6 nitrogen and oxygen atoms in total. The number of carbonyl (C=O) groups excluding carboxylic acids is 3. The lowest BCUT2D eigenvalue weighted by Crippen LogP contribution is -2.29. The van der Waals surface area contributed by atoms with E-state index in [0.717, 1.165) is 0 Å². The molecular weight excluding hydrogens is 372 g/mol. The van der Waals surface area contributed by atoms with Gasteiger partial charge in [-0.05, 0) is 24.3 Å². The molecule has 0 fully saturated rings. The van der Waals surface area contributed by atoms with Gasteiger partial charge in [0, 0.05) is 5.56 Å². The third-order valence-corrected chi connectivity index (χ3v) is 3.87. The molecule has 0 aliphatic rings. The number of hydrogen-bond donors (Lipinski definition) is 0. The van der Waals surface area contributed by atoms with Gasteiger partial charge in [0.05, 0.1) is 11.1 Å². The first kappa shape index (κ1) is 20.0. The Kier molecular flexibility index (Phi) is 6.86. The van der Waals surface area contributed by atoms with E-state index in [-0.39, 0.29) is 16.9 Å². The van der Waals surface area contributed by atoms with E-state index in [9.17, 15) is 14.4 Å². The third kappa shape index (κ3) is 5.85. The Bertz CT molecular complexity index is 901. The lowest BCUT2D eigenvalue weighted by Gasteiger charge is -2.18. The molecule has 0 atom stereocenters. The zero-order valence-electron chi connectivity index (χ0n) is 15.4. The summed E-state index contributed by atoms with van der Waals surface area (Å²) in [4.78, 5) is 36.9. The van der Waals surface area contributed by atoms with Gasteiger partial charge >= 0.3 is 18.4 Å². The average Bonchev–Trinajstić information content (AvgIpc) is 2.79. The second-order valence-corrected chi connectivity index (χ2v) is 5.93. The van der Waals surface area contributed by atoms with Gasteiger partial charge in [0.25, 0.3) is 0 Å². The first-order chi connectivity index (χ1) is 14.1. The highest BCUT2D eigenvalue weighted by atomic mass is 16.9. The zero-order chi connectivity index (χ0) is 20.5. The number of hydrogen-bond acceptors (Lipinski definition) is 6. The van der Waals surface area contributed by atoms with E-state index in [4.69, 9.17) is 14.2 Å².